The van der Waals surface area contributed by atoms with Crippen molar-refractivity contribution in [2.45, 2.75) is 11.8 Å². The summed E-state index contributed by atoms with van der Waals surface area (Å²) in [6.45, 7) is 1.87. The number of ether oxygens (including phenoxy) is 1. The Morgan fingerprint density at radius 2 is 1.73 bits per heavy atom. The molecule has 0 atom stereocenters. The van der Waals surface area contributed by atoms with Crippen LogP contribution in [-0.2, 0) is 14.8 Å². The topological polar surface area (TPSA) is 72.8 Å². The van der Waals surface area contributed by atoms with Gasteiger partial charge in [-0.05, 0) is 25.1 Å². The van der Waals surface area contributed by atoms with E-state index in [1.165, 1.54) is 19.2 Å². The van der Waals surface area contributed by atoms with E-state index in [0.717, 1.165) is 11.8 Å². The fourth-order valence-electron chi connectivity index (χ4n) is 1.80. The molecule has 0 saturated carbocycles. The van der Waals surface area contributed by atoms with Crippen molar-refractivity contribution in [2.24, 2.45) is 4.40 Å². The van der Waals surface area contributed by atoms with Gasteiger partial charge in [0.15, 0.2) is 0 Å². The summed E-state index contributed by atoms with van der Waals surface area (Å²) in [7, 11) is -2.54. The minimum Gasteiger partial charge on any atom is -0.465 e. The van der Waals surface area contributed by atoms with Gasteiger partial charge in [-0.1, -0.05) is 35.9 Å². The van der Waals surface area contributed by atoms with Crippen molar-refractivity contribution in [1.82, 2.24) is 0 Å². The molecule has 0 bridgehead atoms. The first-order valence-corrected chi connectivity index (χ1v) is 7.92. The highest BCUT2D eigenvalue weighted by atomic mass is 32.2. The number of carbonyl (C=O) groups excluding carboxylic acids is 1. The highest BCUT2D eigenvalue weighted by molar-refractivity contribution is 7.90. The molecule has 0 saturated heterocycles. The first-order chi connectivity index (χ1) is 10.4. The Bertz CT molecular complexity index is 808. The van der Waals surface area contributed by atoms with Gasteiger partial charge in [0.2, 0.25) is 0 Å². The quantitative estimate of drug-likeness (QED) is 0.642. The Labute approximate surface area is 129 Å². The van der Waals surface area contributed by atoms with Crippen LogP contribution in [0.3, 0.4) is 0 Å². The lowest BCUT2D eigenvalue weighted by Crippen LogP contribution is -2.06. The van der Waals surface area contributed by atoms with Gasteiger partial charge in [-0.25, -0.2) is 4.79 Å². The van der Waals surface area contributed by atoms with Gasteiger partial charge in [0.05, 0.1) is 17.6 Å². The largest absolute Gasteiger partial charge is 0.465 e. The van der Waals surface area contributed by atoms with Crippen molar-refractivity contribution >= 4 is 22.2 Å². The molecule has 0 spiro atoms. The van der Waals surface area contributed by atoms with Crippen LogP contribution >= 0.6 is 0 Å². The monoisotopic (exact) mass is 317 g/mol. The summed E-state index contributed by atoms with van der Waals surface area (Å²) in [4.78, 5) is 11.7. The molecule has 2 rings (SSSR count). The van der Waals surface area contributed by atoms with Gasteiger partial charge in [0.1, 0.15) is 0 Å². The molecule has 0 fully saturated rings. The molecule has 0 aliphatic carbocycles. The highest BCUT2D eigenvalue weighted by Gasteiger charge is 2.13. The van der Waals surface area contributed by atoms with Crippen molar-refractivity contribution < 1.29 is 17.9 Å². The van der Waals surface area contributed by atoms with Crippen molar-refractivity contribution in [3.8, 4) is 0 Å². The summed E-state index contributed by atoms with van der Waals surface area (Å²) >= 11 is 0. The Morgan fingerprint density at radius 1 is 1.09 bits per heavy atom. The third-order valence-electron chi connectivity index (χ3n) is 3.02. The molecule has 0 unspecified atom stereocenters. The number of methoxy groups -OCH3 is 1. The van der Waals surface area contributed by atoms with E-state index >= 15 is 0 Å². The van der Waals surface area contributed by atoms with E-state index in [4.69, 9.17) is 0 Å². The average Bonchev–Trinajstić information content (AvgIpc) is 2.53. The SMILES string of the molecule is COC(=O)c1ccccc1/C=N/S(=O)(=O)c1ccc(C)cc1. The molecular weight excluding hydrogens is 302 g/mol. The van der Waals surface area contributed by atoms with E-state index in [1.54, 1.807) is 36.4 Å². The molecule has 0 heterocycles. The molecule has 2 aromatic rings. The summed E-state index contributed by atoms with van der Waals surface area (Å²) < 4.78 is 32.6. The van der Waals surface area contributed by atoms with Gasteiger partial charge >= 0.3 is 5.97 Å². The number of sulfonamides is 1. The fraction of sp³-hybridized carbons (Fsp3) is 0.125. The van der Waals surface area contributed by atoms with Crippen molar-refractivity contribution in [3.63, 3.8) is 0 Å². The van der Waals surface area contributed by atoms with Crippen LogP contribution in [0.1, 0.15) is 21.5 Å². The Morgan fingerprint density at radius 3 is 2.36 bits per heavy atom. The lowest BCUT2D eigenvalue weighted by molar-refractivity contribution is 0.0600. The number of carbonyl (C=O) groups is 1. The zero-order valence-electron chi connectivity index (χ0n) is 12.2. The van der Waals surface area contributed by atoms with E-state index in [1.807, 2.05) is 6.92 Å². The predicted molar refractivity (Wildman–Crippen MR) is 83.7 cm³/mol. The summed E-state index contributed by atoms with van der Waals surface area (Å²) in [5, 5.41) is 0. The maximum absolute atomic E-state index is 12.2. The first-order valence-electron chi connectivity index (χ1n) is 6.48. The number of hydrogen-bond donors (Lipinski definition) is 0. The number of aryl methyl sites for hydroxylation is 1. The molecule has 6 heteroatoms. The van der Waals surface area contributed by atoms with Gasteiger partial charge in [-0.2, -0.15) is 12.8 Å². The van der Waals surface area contributed by atoms with Gasteiger partial charge in [0.25, 0.3) is 10.0 Å². The summed E-state index contributed by atoms with van der Waals surface area (Å²) in [5.74, 6) is -0.546. The van der Waals surface area contributed by atoms with Crippen LogP contribution in [0.4, 0.5) is 0 Å². The van der Waals surface area contributed by atoms with Crippen LogP contribution in [0.25, 0.3) is 0 Å². The van der Waals surface area contributed by atoms with Crippen LogP contribution in [-0.4, -0.2) is 27.7 Å². The van der Waals surface area contributed by atoms with Gasteiger partial charge in [0, 0.05) is 11.8 Å². The van der Waals surface area contributed by atoms with Gasteiger partial charge < -0.3 is 4.74 Å². The third-order valence-corrected chi connectivity index (χ3v) is 4.27. The molecule has 5 nitrogen and oxygen atoms in total. The molecule has 0 aliphatic heterocycles. The van der Waals surface area contributed by atoms with Crippen LogP contribution in [0.5, 0.6) is 0 Å². The number of benzene rings is 2. The Balaban J connectivity index is 2.36. The van der Waals surface area contributed by atoms with Gasteiger partial charge in [-0.15, -0.1) is 0 Å². The molecule has 0 amide bonds. The molecule has 114 valence electrons. The summed E-state index contributed by atoms with van der Waals surface area (Å²) in [5.41, 5.74) is 1.59. The van der Waals surface area contributed by atoms with E-state index in [2.05, 4.69) is 9.13 Å². The molecule has 0 radical (unpaired) electrons. The number of nitrogens with zero attached hydrogens (tertiary/aromatic N) is 1. The molecule has 2 aromatic carbocycles. The predicted octanol–water partition coefficient (Wildman–Crippen LogP) is 2.59. The van der Waals surface area contributed by atoms with Crippen molar-refractivity contribution in [3.05, 3.63) is 65.2 Å². The van der Waals surface area contributed by atoms with Crippen molar-refractivity contribution in [2.75, 3.05) is 7.11 Å². The summed E-state index contributed by atoms with van der Waals surface area (Å²) in [6.07, 6.45) is 1.15. The fourth-order valence-corrected chi connectivity index (χ4v) is 2.66. The van der Waals surface area contributed by atoms with Crippen molar-refractivity contribution in [1.29, 1.82) is 0 Å². The zero-order valence-corrected chi connectivity index (χ0v) is 13.0. The highest BCUT2D eigenvalue weighted by Crippen LogP contribution is 2.14. The zero-order chi connectivity index (χ0) is 16.2. The van der Waals surface area contributed by atoms with Crippen LogP contribution in [0.15, 0.2) is 57.8 Å². The molecule has 0 N–H and O–H groups in total. The number of rotatable bonds is 4. The second-order valence-electron chi connectivity index (χ2n) is 4.60. The van der Waals surface area contributed by atoms with Crippen LogP contribution in [0, 0.1) is 6.92 Å². The second-order valence-corrected chi connectivity index (χ2v) is 6.23. The third kappa shape index (κ3) is 3.59. The van der Waals surface area contributed by atoms with E-state index < -0.39 is 16.0 Å². The summed E-state index contributed by atoms with van der Waals surface area (Å²) in [6, 6.07) is 12.9. The normalized spacial score (nSPS) is 11.5. The lowest BCUT2D eigenvalue weighted by Gasteiger charge is -2.03. The first kappa shape index (κ1) is 15.9. The molecule has 22 heavy (non-hydrogen) atoms. The second kappa shape index (κ2) is 6.53. The molecule has 0 aromatic heterocycles. The number of esters is 1. The van der Waals surface area contributed by atoms with Crippen LogP contribution in [0.2, 0.25) is 0 Å². The van der Waals surface area contributed by atoms with Gasteiger partial charge in [-0.3, -0.25) is 0 Å². The minimum absolute atomic E-state index is 0.102. The Hall–Kier alpha value is -2.47. The van der Waals surface area contributed by atoms with E-state index in [0.29, 0.717) is 5.56 Å². The lowest BCUT2D eigenvalue weighted by atomic mass is 10.1. The Kier molecular flexibility index (Phi) is 4.72. The van der Waals surface area contributed by atoms with E-state index in [-0.39, 0.29) is 10.5 Å². The smallest absolute Gasteiger partial charge is 0.338 e. The van der Waals surface area contributed by atoms with Crippen LogP contribution < -0.4 is 0 Å². The number of hydrogen-bond acceptors (Lipinski definition) is 4. The standard InChI is InChI=1S/C16H15NO4S/c1-12-7-9-14(10-8-12)22(19,20)17-11-13-5-3-4-6-15(13)16(18)21-2/h3-11H,1-2H3/b17-11+. The maximum atomic E-state index is 12.2. The minimum atomic E-state index is -3.81. The molecule has 0 aliphatic rings. The molecular formula is C16H15NO4S. The maximum Gasteiger partial charge on any atom is 0.338 e. The van der Waals surface area contributed by atoms with E-state index in [9.17, 15) is 13.2 Å². The average molecular weight is 317 g/mol.